The Morgan fingerprint density at radius 1 is 1.30 bits per heavy atom. The van der Waals surface area contributed by atoms with E-state index in [1.54, 1.807) is 0 Å². The molecule has 0 aliphatic heterocycles. The van der Waals surface area contributed by atoms with E-state index in [2.05, 4.69) is 70.8 Å². The van der Waals surface area contributed by atoms with Crippen molar-refractivity contribution in [3.63, 3.8) is 0 Å². The summed E-state index contributed by atoms with van der Waals surface area (Å²) in [5.41, 5.74) is 1.37. The van der Waals surface area contributed by atoms with Gasteiger partial charge in [0.2, 0.25) is 0 Å². The minimum Gasteiger partial charge on any atom is -0.313 e. The highest BCUT2D eigenvalue weighted by Crippen LogP contribution is 2.27. The van der Waals surface area contributed by atoms with Crippen LogP contribution in [0.3, 0.4) is 0 Å². The lowest BCUT2D eigenvalue weighted by atomic mass is 10.2. The Labute approximate surface area is 138 Å². The molecule has 0 saturated heterocycles. The molecule has 2 aromatic rings. The highest BCUT2D eigenvalue weighted by atomic mass is 79.9. The summed E-state index contributed by atoms with van der Waals surface area (Å²) in [7, 11) is 0. The maximum atomic E-state index is 3.63. The van der Waals surface area contributed by atoms with Crippen LogP contribution in [0.1, 0.15) is 17.4 Å². The Kier molecular flexibility index (Phi) is 6.62. The van der Waals surface area contributed by atoms with E-state index in [1.807, 2.05) is 23.1 Å². The van der Waals surface area contributed by atoms with Crippen molar-refractivity contribution in [1.82, 2.24) is 5.32 Å². The molecule has 0 radical (unpaired) electrons. The van der Waals surface area contributed by atoms with Crippen molar-refractivity contribution in [2.75, 3.05) is 12.3 Å². The van der Waals surface area contributed by atoms with Crippen LogP contribution in [0.15, 0.2) is 45.1 Å². The number of hydrogen-bond acceptors (Lipinski definition) is 3. The van der Waals surface area contributed by atoms with Crippen molar-refractivity contribution < 1.29 is 0 Å². The minimum atomic E-state index is 0.513. The lowest BCUT2D eigenvalue weighted by molar-refractivity contribution is 0.575. The Bertz CT molecular complexity index is 539. The summed E-state index contributed by atoms with van der Waals surface area (Å²) >= 11 is 7.41. The molecule has 0 spiro atoms. The Morgan fingerprint density at radius 2 is 2.10 bits per heavy atom. The number of aryl methyl sites for hydroxylation is 1. The third-order valence-corrected chi connectivity index (χ3v) is 6.44. The molecule has 20 heavy (non-hydrogen) atoms. The van der Waals surface area contributed by atoms with Crippen molar-refractivity contribution in [3.8, 4) is 0 Å². The highest BCUT2D eigenvalue weighted by Gasteiger charge is 2.12. The van der Waals surface area contributed by atoms with Gasteiger partial charge < -0.3 is 5.32 Å². The van der Waals surface area contributed by atoms with Gasteiger partial charge >= 0.3 is 0 Å². The van der Waals surface area contributed by atoms with Gasteiger partial charge in [-0.2, -0.15) is 0 Å². The first-order valence-electron chi connectivity index (χ1n) is 6.84. The zero-order valence-corrected chi connectivity index (χ0v) is 15.1. The van der Waals surface area contributed by atoms with Crippen LogP contribution < -0.4 is 5.32 Å². The zero-order valence-electron chi connectivity index (χ0n) is 11.9. The third-order valence-electron chi connectivity index (χ3n) is 3.15. The molecule has 0 amide bonds. The molecule has 0 bridgehead atoms. The Hall–Kier alpha value is -0.290. The second-order valence-electron chi connectivity index (χ2n) is 4.73. The van der Waals surface area contributed by atoms with E-state index in [0.29, 0.717) is 6.04 Å². The van der Waals surface area contributed by atoms with Crippen LogP contribution in [-0.2, 0) is 6.42 Å². The van der Waals surface area contributed by atoms with Gasteiger partial charge in [-0.3, -0.25) is 0 Å². The second-order valence-corrected chi connectivity index (χ2v) is 7.64. The predicted octanol–water partition coefficient (Wildman–Crippen LogP) is 5.13. The highest BCUT2D eigenvalue weighted by molar-refractivity contribution is 9.10. The summed E-state index contributed by atoms with van der Waals surface area (Å²) in [6, 6.07) is 11.3. The smallest absolute Gasteiger partial charge is 0.0314 e. The molecule has 0 aliphatic rings. The zero-order chi connectivity index (χ0) is 14.4. The monoisotopic (exact) mass is 369 g/mol. The van der Waals surface area contributed by atoms with Gasteiger partial charge in [0.15, 0.2) is 0 Å². The summed E-state index contributed by atoms with van der Waals surface area (Å²) < 4.78 is 1.24. The van der Waals surface area contributed by atoms with E-state index in [0.717, 1.165) is 18.7 Å². The number of rotatable bonds is 7. The van der Waals surface area contributed by atoms with Crippen LogP contribution >= 0.6 is 39.0 Å². The van der Waals surface area contributed by atoms with E-state index < -0.39 is 0 Å². The van der Waals surface area contributed by atoms with Crippen molar-refractivity contribution in [1.29, 1.82) is 0 Å². The molecular weight excluding hydrogens is 350 g/mol. The average molecular weight is 370 g/mol. The quantitative estimate of drug-likeness (QED) is 0.678. The molecule has 1 atom stereocenters. The second kappa shape index (κ2) is 8.23. The molecule has 1 aromatic carbocycles. The lowest BCUT2D eigenvalue weighted by Gasteiger charge is -2.17. The molecule has 1 unspecified atom stereocenters. The van der Waals surface area contributed by atoms with Gasteiger partial charge in [-0.05, 0) is 58.9 Å². The first kappa shape index (κ1) is 16.1. The Balaban J connectivity index is 1.96. The van der Waals surface area contributed by atoms with Crippen molar-refractivity contribution in [2.24, 2.45) is 0 Å². The fourth-order valence-electron chi connectivity index (χ4n) is 2.08. The number of benzene rings is 1. The van der Waals surface area contributed by atoms with E-state index in [4.69, 9.17) is 0 Å². The topological polar surface area (TPSA) is 12.0 Å². The van der Waals surface area contributed by atoms with Crippen molar-refractivity contribution in [2.45, 2.75) is 31.2 Å². The Morgan fingerprint density at radius 3 is 2.75 bits per heavy atom. The molecule has 2 rings (SSSR count). The van der Waals surface area contributed by atoms with E-state index >= 15 is 0 Å². The van der Waals surface area contributed by atoms with Gasteiger partial charge in [0.05, 0.1) is 0 Å². The van der Waals surface area contributed by atoms with Gasteiger partial charge in [0.25, 0.3) is 0 Å². The minimum absolute atomic E-state index is 0.513. The van der Waals surface area contributed by atoms with Crippen LogP contribution in [0.4, 0.5) is 0 Å². The van der Waals surface area contributed by atoms with Crippen LogP contribution in [0, 0.1) is 6.92 Å². The first-order valence-corrected chi connectivity index (χ1v) is 9.50. The summed E-state index contributed by atoms with van der Waals surface area (Å²) in [4.78, 5) is 2.82. The maximum Gasteiger partial charge on any atom is 0.0314 e. The number of thiophene rings is 1. The van der Waals surface area contributed by atoms with Gasteiger partial charge in [0.1, 0.15) is 0 Å². The molecular formula is C16H20BrNS2. The summed E-state index contributed by atoms with van der Waals surface area (Å²) in [6.45, 7) is 5.37. The molecule has 4 heteroatoms. The molecule has 1 aromatic heterocycles. The number of nitrogens with one attached hydrogen (secondary N) is 1. The third kappa shape index (κ3) is 4.62. The SMILES string of the molecule is CCNC(CSc1ccccc1C)Cc1sccc1Br. The van der Waals surface area contributed by atoms with E-state index in [-0.39, 0.29) is 0 Å². The standard InChI is InChI=1S/C16H20BrNS2/c1-3-18-13(10-16-14(17)8-9-19-16)11-20-15-7-5-4-6-12(15)2/h4-9,13,18H,3,10-11H2,1-2H3. The molecule has 0 saturated carbocycles. The molecule has 1 nitrogen and oxygen atoms in total. The fourth-order valence-corrected chi connectivity index (χ4v) is 4.76. The van der Waals surface area contributed by atoms with Crippen LogP contribution in [0.5, 0.6) is 0 Å². The van der Waals surface area contributed by atoms with Crippen LogP contribution in [0.2, 0.25) is 0 Å². The van der Waals surface area contributed by atoms with E-state index in [9.17, 15) is 0 Å². The van der Waals surface area contributed by atoms with Gasteiger partial charge in [-0.1, -0.05) is 25.1 Å². The number of likely N-dealkylation sites (N-methyl/N-ethyl adjacent to an activating group) is 1. The predicted molar refractivity (Wildman–Crippen MR) is 95.1 cm³/mol. The van der Waals surface area contributed by atoms with Gasteiger partial charge in [0, 0.05) is 26.0 Å². The molecule has 1 heterocycles. The van der Waals surface area contributed by atoms with Gasteiger partial charge in [-0.15, -0.1) is 23.1 Å². The number of halogens is 1. The molecule has 0 fully saturated rings. The molecule has 0 aliphatic carbocycles. The largest absolute Gasteiger partial charge is 0.313 e. The fraction of sp³-hybridized carbons (Fsp3) is 0.375. The molecule has 1 N–H and O–H groups in total. The van der Waals surface area contributed by atoms with E-state index in [1.165, 1.54) is 19.8 Å². The van der Waals surface area contributed by atoms with Crippen molar-refractivity contribution >= 4 is 39.0 Å². The number of hydrogen-bond donors (Lipinski definition) is 1. The maximum absolute atomic E-state index is 3.63. The molecule has 108 valence electrons. The van der Waals surface area contributed by atoms with Crippen LogP contribution in [0.25, 0.3) is 0 Å². The van der Waals surface area contributed by atoms with Crippen LogP contribution in [-0.4, -0.2) is 18.3 Å². The lowest BCUT2D eigenvalue weighted by Crippen LogP contribution is -2.33. The summed E-state index contributed by atoms with van der Waals surface area (Å²) in [5.74, 6) is 1.10. The first-order chi connectivity index (χ1) is 9.70. The summed E-state index contributed by atoms with van der Waals surface area (Å²) in [5, 5.41) is 5.75. The summed E-state index contributed by atoms with van der Waals surface area (Å²) in [6.07, 6.45) is 1.09. The van der Waals surface area contributed by atoms with Gasteiger partial charge in [-0.25, -0.2) is 0 Å². The average Bonchev–Trinajstić information content (AvgIpc) is 2.83. The van der Waals surface area contributed by atoms with Crippen molar-refractivity contribution in [3.05, 3.63) is 50.6 Å². The normalized spacial score (nSPS) is 12.6. The number of thioether (sulfide) groups is 1.